The highest BCUT2D eigenvalue weighted by Gasteiger charge is 2.25. The highest BCUT2D eigenvalue weighted by atomic mass is 19.1. The number of benzene rings is 1. The monoisotopic (exact) mass is 461 g/mol. The minimum Gasteiger partial charge on any atom is -0.443 e. The highest BCUT2D eigenvalue weighted by Crippen LogP contribution is 2.26. The molecule has 2 heterocycles. The summed E-state index contributed by atoms with van der Waals surface area (Å²) in [6.07, 6.45) is 2.02. The van der Waals surface area contributed by atoms with Crippen molar-refractivity contribution in [3.63, 3.8) is 0 Å². The van der Waals surface area contributed by atoms with E-state index >= 15 is 0 Å². The number of aliphatic hydroxyl groups is 1. The van der Waals surface area contributed by atoms with E-state index in [-0.39, 0.29) is 30.9 Å². The number of ether oxygens (including phenoxy) is 2. The van der Waals surface area contributed by atoms with Crippen LogP contribution in [0.4, 0.5) is 15.1 Å². The van der Waals surface area contributed by atoms with E-state index in [0.29, 0.717) is 37.8 Å². The number of carbonyl (C=O) groups excluding carboxylic acids is 1. The first-order chi connectivity index (χ1) is 16.0. The normalized spacial score (nSPS) is 12.7. The summed E-state index contributed by atoms with van der Waals surface area (Å²) >= 11 is 0. The van der Waals surface area contributed by atoms with Gasteiger partial charge in [0.05, 0.1) is 38.6 Å². The van der Waals surface area contributed by atoms with Crippen molar-refractivity contribution in [2.24, 2.45) is 21.6 Å². The lowest BCUT2D eigenvalue weighted by molar-refractivity contribution is 0.0349. The lowest BCUT2D eigenvalue weighted by Gasteiger charge is -2.31. The van der Waals surface area contributed by atoms with Crippen LogP contribution in [-0.4, -0.2) is 72.4 Å². The Hall–Kier alpha value is -3.84. The van der Waals surface area contributed by atoms with Gasteiger partial charge in [0.2, 0.25) is 5.95 Å². The van der Waals surface area contributed by atoms with Crippen LogP contribution in [0.3, 0.4) is 0 Å². The number of hydrogen-bond acceptors (Lipinski definition) is 9. The zero-order valence-corrected chi connectivity index (χ0v) is 17.7. The molecule has 0 unspecified atom stereocenters. The summed E-state index contributed by atoms with van der Waals surface area (Å²) in [5, 5.41) is 12.6. The molecule has 1 amide bonds. The van der Waals surface area contributed by atoms with Crippen LogP contribution in [-0.2, 0) is 20.9 Å². The number of anilines is 1. The van der Waals surface area contributed by atoms with Gasteiger partial charge in [-0.1, -0.05) is 23.4 Å². The summed E-state index contributed by atoms with van der Waals surface area (Å²) in [6, 6.07) is 4.69. The molecule has 1 fully saturated rings. The topological polar surface area (TPSA) is 171 Å². The average molecular weight is 461 g/mol. The maximum atomic E-state index is 14.9. The fourth-order valence-electron chi connectivity index (χ4n) is 2.81. The number of amides is 1. The summed E-state index contributed by atoms with van der Waals surface area (Å²) in [5.41, 5.74) is 11.9. The predicted molar refractivity (Wildman–Crippen MR) is 117 cm³/mol. The van der Waals surface area contributed by atoms with E-state index in [2.05, 4.69) is 20.1 Å². The highest BCUT2D eigenvalue weighted by molar-refractivity contribution is 5.98. The van der Waals surface area contributed by atoms with Gasteiger partial charge in [-0.05, 0) is 0 Å². The molecule has 176 valence electrons. The van der Waals surface area contributed by atoms with Crippen molar-refractivity contribution in [3.05, 3.63) is 42.0 Å². The molecule has 33 heavy (non-hydrogen) atoms. The van der Waals surface area contributed by atoms with Gasteiger partial charge in [0, 0.05) is 29.1 Å². The van der Waals surface area contributed by atoms with Crippen molar-refractivity contribution >= 4 is 23.7 Å². The van der Waals surface area contributed by atoms with Gasteiger partial charge in [-0.25, -0.2) is 19.2 Å². The maximum absolute atomic E-state index is 14.9. The molecule has 1 aliphatic rings. The minimum atomic E-state index is -1.01. The number of nitrogens with two attached hydrogens (primary N) is 2. The van der Waals surface area contributed by atoms with Crippen molar-refractivity contribution in [1.82, 2.24) is 9.97 Å². The minimum absolute atomic E-state index is 0.0313. The zero-order chi connectivity index (χ0) is 23.6. The second kappa shape index (κ2) is 11.7. The van der Waals surface area contributed by atoms with Crippen molar-refractivity contribution < 1.29 is 28.6 Å². The van der Waals surface area contributed by atoms with Gasteiger partial charge >= 0.3 is 6.09 Å². The lowest BCUT2D eigenvalue weighted by Crippen LogP contribution is -2.48. The van der Waals surface area contributed by atoms with Gasteiger partial charge in [-0.15, -0.1) is 4.99 Å². The van der Waals surface area contributed by atoms with E-state index in [1.165, 1.54) is 18.5 Å². The fourth-order valence-corrected chi connectivity index (χ4v) is 2.81. The largest absolute Gasteiger partial charge is 0.443 e. The number of carbonyl (C=O) groups is 1. The van der Waals surface area contributed by atoms with E-state index in [1.54, 1.807) is 12.1 Å². The molecule has 12 nitrogen and oxygen atoms in total. The number of nitrogens with zero attached hydrogens (tertiary/aromatic N) is 5. The van der Waals surface area contributed by atoms with Crippen LogP contribution >= 0.6 is 0 Å². The number of oxime groups is 1. The third-order valence-electron chi connectivity index (χ3n) is 4.38. The first-order valence-corrected chi connectivity index (χ1v) is 9.95. The Kier molecular flexibility index (Phi) is 8.43. The molecule has 5 N–H and O–H groups in total. The van der Waals surface area contributed by atoms with Crippen molar-refractivity contribution in [2.45, 2.75) is 6.61 Å². The molecule has 0 spiro atoms. The van der Waals surface area contributed by atoms with Crippen LogP contribution in [0.15, 0.2) is 40.7 Å². The molecule has 0 radical (unpaired) electrons. The van der Waals surface area contributed by atoms with E-state index in [4.69, 9.17) is 30.9 Å². The molecule has 3 rings (SSSR count). The Balaban J connectivity index is 1.54. The van der Waals surface area contributed by atoms with E-state index in [0.717, 1.165) is 5.71 Å². The van der Waals surface area contributed by atoms with E-state index in [1.807, 2.05) is 4.90 Å². The van der Waals surface area contributed by atoms with Crippen molar-refractivity contribution in [3.8, 4) is 11.1 Å². The van der Waals surface area contributed by atoms with Gasteiger partial charge in [-0.3, -0.25) is 0 Å². The van der Waals surface area contributed by atoms with Gasteiger partial charge in [-0.2, -0.15) is 0 Å². The smallest absolute Gasteiger partial charge is 0.437 e. The Morgan fingerprint density at radius 2 is 1.94 bits per heavy atom. The van der Waals surface area contributed by atoms with Gasteiger partial charge < -0.3 is 35.8 Å². The second-order valence-corrected chi connectivity index (χ2v) is 6.82. The number of guanidine groups is 1. The number of aromatic nitrogens is 2. The SMILES string of the molecule is NC(N)=NC(=O)OCc1cccc(-c2cnc(N3CC(=NOCCOCCO)C3)nc2)c1F. The van der Waals surface area contributed by atoms with Gasteiger partial charge in [0.25, 0.3) is 0 Å². The number of rotatable bonds is 10. The molecular formula is C20H24FN7O5. The molecule has 1 aromatic carbocycles. The van der Waals surface area contributed by atoms with Gasteiger partial charge in [0.15, 0.2) is 5.96 Å². The summed E-state index contributed by atoms with van der Waals surface area (Å²) in [4.78, 5) is 30.2. The van der Waals surface area contributed by atoms with Crippen LogP contribution in [0.5, 0.6) is 0 Å². The molecular weight excluding hydrogens is 437 g/mol. The van der Waals surface area contributed by atoms with Crippen molar-refractivity contribution in [1.29, 1.82) is 0 Å². The maximum Gasteiger partial charge on any atom is 0.437 e. The van der Waals surface area contributed by atoms with Crippen LogP contribution in [0, 0.1) is 5.82 Å². The number of aliphatic imine (C=N–C) groups is 1. The van der Waals surface area contributed by atoms with Crippen LogP contribution < -0.4 is 16.4 Å². The Morgan fingerprint density at radius 1 is 1.18 bits per heavy atom. The fraction of sp³-hybridized carbons (Fsp3) is 0.350. The summed E-state index contributed by atoms with van der Waals surface area (Å²) in [6.45, 7) is 1.58. The first-order valence-electron chi connectivity index (χ1n) is 9.95. The van der Waals surface area contributed by atoms with E-state index < -0.39 is 17.9 Å². The molecule has 13 heteroatoms. The Bertz CT molecular complexity index is 1000. The predicted octanol–water partition coefficient (Wildman–Crippen LogP) is 0.394. The molecule has 0 bridgehead atoms. The molecule has 0 aliphatic carbocycles. The standard InChI is InChI=1S/C20H24FN7O5/c21-17-13(12-32-20(30)26-18(22)23)2-1-3-16(17)14-8-24-19(25-9-14)28-10-15(11-28)27-33-7-6-31-5-4-29/h1-3,8-9,29H,4-7,10-12H2,(H4,22,23,26,30). The second-order valence-electron chi connectivity index (χ2n) is 6.82. The lowest BCUT2D eigenvalue weighted by atomic mass is 10.1. The molecule has 0 atom stereocenters. The Labute approximate surface area is 188 Å². The molecule has 1 saturated heterocycles. The number of hydrogen-bond donors (Lipinski definition) is 3. The van der Waals surface area contributed by atoms with Crippen LogP contribution in [0.2, 0.25) is 0 Å². The average Bonchev–Trinajstić information content (AvgIpc) is 2.76. The third-order valence-corrected chi connectivity index (χ3v) is 4.38. The third kappa shape index (κ3) is 6.82. The summed E-state index contributed by atoms with van der Waals surface area (Å²) in [7, 11) is 0. The molecule has 1 aromatic heterocycles. The Morgan fingerprint density at radius 3 is 2.64 bits per heavy atom. The van der Waals surface area contributed by atoms with E-state index in [9.17, 15) is 9.18 Å². The molecule has 0 saturated carbocycles. The number of halogens is 1. The number of aliphatic hydroxyl groups excluding tert-OH is 1. The van der Waals surface area contributed by atoms with Gasteiger partial charge in [0.1, 0.15) is 19.0 Å². The van der Waals surface area contributed by atoms with Crippen LogP contribution in [0.25, 0.3) is 11.1 Å². The quantitative estimate of drug-likeness (QED) is 0.195. The molecule has 2 aromatic rings. The summed E-state index contributed by atoms with van der Waals surface area (Å²) in [5.74, 6) is -0.528. The van der Waals surface area contributed by atoms with Crippen molar-refractivity contribution in [2.75, 3.05) is 44.4 Å². The zero-order valence-electron chi connectivity index (χ0n) is 17.7. The summed E-state index contributed by atoms with van der Waals surface area (Å²) < 4.78 is 24.8. The first kappa shape index (κ1) is 23.8. The molecule has 1 aliphatic heterocycles. The van der Waals surface area contributed by atoms with Crippen LogP contribution in [0.1, 0.15) is 5.56 Å².